The molecule has 10 aromatic carbocycles. The van der Waals surface area contributed by atoms with Gasteiger partial charge in [-0.25, -0.2) is 24.0 Å². The van der Waals surface area contributed by atoms with Crippen LogP contribution in [0.25, 0.3) is 0 Å². The van der Waals surface area contributed by atoms with Crippen molar-refractivity contribution in [1.29, 1.82) is 0 Å². The van der Waals surface area contributed by atoms with Crippen LogP contribution in [0.4, 0.5) is 91.9 Å². The minimum Gasteiger partial charge on any atom is -0.406 e. The van der Waals surface area contributed by atoms with Gasteiger partial charge in [-0.2, -0.15) is 13.2 Å². The summed E-state index contributed by atoms with van der Waals surface area (Å²) in [6.45, 7) is 7.03. The van der Waals surface area contributed by atoms with Crippen LogP contribution in [0, 0.1) is 13.8 Å². The third kappa shape index (κ3) is 22.7. The van der Waals surface area contributed by atoms with Crippen molar-refractivity contribution in [3.8, 4) is 11.5 Å². The molecule has 5 aliphatic carbocycles. The molecule has 5 saturated heterocycles. The third-order valence-corrected chi connectivity index (χ3v) is 33.3. The van der Waals surface area contributed by atoms with Crippen LogP contribution in [0.2, 0.25) is 0 Å². The molecule has 20 rings (SSSR count). The van der Waals surface area contributed by atoms with Crippen LogP contribution in [0.1, 0.15) is 173 Å². The lowest BCUT2D eigenvalue weighted by molar-refractivity contribution is -0.275. The zero-order valence-corrected chi connectivity index (χ0v) is 85.4. The van der Waals surface area contributed by atoms with E-state index in [1.807, 2.05) is 64.4 Å². The summed E-state index contributed by atoms with van der Waals surface area (Å²) in [5.74, 6) is -0.639. The monoisotopic (exact) mass is 2010 g/mol. The van der Waals surface area contributed by atoms with Crippen molar-refractivity contribution in [1.82, 2.24) is 51.1 Å². The molecular formula is C115H136F9N15O7. The Bertz CT molecular complexity index is 6120. The van der Waals surface area contributed by atoms with E-state index in [4.69, 9.17) is 0 Å². The molecule has 776 valence electrons. The predicted molar refractivity (Wildman–Crippen MR) is 554 cm³/mol. The maximum Gasteiger partial charge on any atom is 0.573 e. The SMILES string of the molecule is CN(C)C1(c2ccccc2)CCC2(CC1)CN(c1ccc(C(F)(F)F)cc1)C(=O)N2.CN(C)C1(c2ccccc2)CCC2(CC1)CN(c1ccc(OC(F)(F)F)cc1)C(=O)N2.CN(C)C1(c2ccccc2)CCC2(CC1)CN(c1cccc(OC(F)(F)F)c1)C(=O)N2.Cc1ccc(N2CC3(CCC(c4ccccc4)(N(C)C)CC3)NC2=O)cc1.Cc1cccc(N2CC3(CCC(c4ccccc4)(N(C)C)CC3)NC2=O)c1. The highest BCUT2D eigenvalue weighted by molar-refractivity contribution is 5.98. The molecule has 10 fully saturated rings. The van der Waals surface area contributed by atoms with Crippen LogP contribution in [-0.2, 0) is 33.9 Å². The normalized spacial score (nSPS) is 27.1. The fourth-order valence-corrected chi connectivity index (χ4v) is 24.5. The standard InChI is InChI=1S/2C23H26F3N3O2.C23H26F3N3O.2C23H29N3O/c1-28(2)22(17-7-4-3-5-8-17)13-11-21(12-14-22)16-29(20(30)27-21)18-9-6-10-19(15-18)31-23(24,25)26;1-28(2)22(17-6-4-3-5-7-17)14-12-21(13-15-22)16-29(20(30)27-21)18-8-10-19(11-9-18)31-23(24,25)26;1-28(2)22(17-6-4-3-5-7-17)14-12-21(13-15-22)16-29(20(30)27-21)19-10-8-18(9-11-19)23(24,25)26;1-18-8-7-11-20(16-18)26-17-22(24-21(26)27)12-14-23(15-13-22,25(2)3)19-9-5-4-6-10-19;1-18-9-11-20(12-10-18)26-17-22(24-21(26)27)13-15-23(16-14-22,25(2)3)19-7-5-4-6-8-19/h3-10,15H,11-14,16H2,1-2H3,(H,27,30);3-11H,12-16H2,1-2H3,(H,27,30);3-11H,12-16H2,1-2H3,(H,27,30);4-11,16H,12-15,17H2,1-3H3,(H,24,27);4-12H,13-17H2,1-3H3,(H,24,27). The number of halogens is 9. The van der Waals surface area contributed by atoms with Crippen molar-refractivity contribution >= 4 is 58.6 Å². The van der Waals surface area contributed by atoms with Crippen LogP contribution in [-0.4, -0.2) is 198 Å². The molecule has 5 heterocycles. The van der Waals surface area contributed by atoms with E-state index in [0.29, 0.717) is 36.7 Å². The summed E-state index contributed by atoms with van der Waals surface area (Å²) < 4.78 is 121. The summed E-state index contributed by atoms with van der Waals surface area (Å²) >= 11 is 0. The van der Waals surface area contributed by atoms with Gasteiger partial charge in [0, 0.05) is 62.2 Å². The lowest BCUT2D eigenvalue weighted by Gasteiger charge is -2.48. The number of nitrogens with one attached hydrogen (secondary N) is 5. The zero-order chi connectivity index (χ0) is 104. The first-order valence-corrected chi connectivity index (χ1v) is 50.4. The van der Waals surface area contributed by atoms with Crippen LogP contribution >= 0.6 is 0 Å². The molecule has 10 aliphatic rings. The number of urea groups is 5. The van der Waals surface area contributed by atoms with Gasteiger partial charge in [0.25, 0.3) is 0 Å². The number of benzene rings is 10. The van der Waals surface area contributed by atoms with E-state index < -0.39 is 30.0 Å². The number of alkyl halides is 9. The molecule has 22 nitrogen and oxygen atoms in total. The first kappa shape index (κ1) is 106. The van der Waals surface area contributed by atoms with Crippen LogP contribution in [0.5, 0.6) is 11.5 Å². The number of ether oxygens (including phenoxy) is 2. The Hall–Kier alpha value is -12.7. The molecule has 5 N–H and O–H groups in total. The molecule has 5 spiro atoms. The van der Waals surface area contributed by atoms with Crippen molar-refractivity contribution in [2.24, 2.45) is 0 Å². The molecule has 5 aliphatic heterocycles. The summed E-state index contributed by atoms with van der Waals surface area (Å²) in [6, 6.07) is 84.4. The summed E-state index contributed by atoms with van der Waals surface area (Å²) in [7, 11) is 21.2. The van der Waals surface area contributed by atoms with Gasteiger partial charge in [-0.3, -0.25) is 49.0 Å². The predicted octanol–water partition coefficient (Wildman–Crippen LogP) is 23.4. The molecule has 0 aromatic heterocycles. The number of aryl methyl sites for hydroxylation is 2. The number of hydrogen-bond acceptors (Lipinski definition) is 12. The van der Waals surface area contributed by atoms with E-state index in [2.05, 4.69) is 290 Å². The Kier molecular flexibility index (Phi) is 30.7. The molecule has 0 unspecified atom stereocenters. The molecule has 146 heavy (non-hydrogen) atoms. The van der Waals surface area contributed by atoms with Crippen molar-refractivity contribution in [3.63, 3.8) is 0 Å². The number of hydrogen-bond donors (Lipinski definition) is 5. The minimum absolute atomic E-state index is 0.0379. The van der Waals surface area contributed by atoms with Gasteiger partial charge < -0.3 is 36.1 Å². The number of amides is 10. The Balaban J connectivity index is 0.000000131. The van der Waals surface area contributed by atoms with Crippen LogP contribution in [0.15, 0.2) is 273 Å². The van der Waals surface area contributed by atoms with Crippen LogP contribution in [0.3, 0.4) is 0 Å². The maximum atomic E-state index is 12.8. The molecule has 31 heteroatoms. The topological polar surface area (TPSA) is 196 Å². The van der Waals surface area contributed by atoms with Gasteiger partial charge in [-0.1, -0.05) is 188 Å². The van der Waals surface area contributed by atoms with E-state index in [1.54, 1.807) is 15.9 Å². The van der Waals surface area contributed by atoms with Crippen molar-refractivity contribution in [3.05, 3.63) is 317 Å². The fourth-order valence-electron chi connectivity index (χ4n) is 24.5. The van der Waals surface area contributed by atoms with Gasteiger partial charge in [0.1, 0.15) is 11.5 Å². The summed E-state index contributed by atoms with van der Waals surface area (Å²) in [5.41, 5.74) is 10.2. The van der Waals surface area contributed by atoms with E-state index in [-0.39, 0.29) is 91.5 Å². The van der Waals surface area contributed by atoms with E-state index in [1.165, 1.54) is 98.4 Å². The molecule has 10 amide bonds. The zero-order valence-electron chi connectivity index (χ0n) is 85.4. The first-order chi connectivity index (χ1) is 69.3. The largest absolute Gasteiger partial charge is 0.573 e. The minimum atomic E-state index is -4.77. The third-order valence-electron chi connectivity index (χ3n) is 33.3. The summed E-state index contributed by atoms with van der Waals surface area (Å²) in [5, 5.41) is 16.1. The Morgan fingerprint density at radius 2 is 0.466 bits per heavy atom. The Labute approximate surface area is 851 Å². The fraction of sp³-hybridized carbons (Fsp3) is 0.435. The second-order valence-corrected chi connectivity index (χ2v) is 42.7. The van der Waals surface area contributed by atoms with E-state index in [0.717, 1.165) is 165 Å². The van der Waals surface area contributed by atoms with E-state index in [9.17, 15) is 63.5 Å². The van der Waals surface area contributed by atoms with Crippen molar-refractivity contribution in [2.75, 3.05) is 128 Å². The maximum absolute atomic E-state index is 12.8. The Morgan fingerprint density at radius 1 is 0.240 bits per heavy atom. The second kappa shape index (κ2) is 42.3. The number of carbonyl (C=O) groups is 5. The molecule has 0 atom stereocenters. The van der Waals surface area contributed by atoms with E-state index >= 15 is 0 Å². The lowest BCUT2D eigenvalue weighted by atomic mass is 9.69. The second-order valence-electron chi connectivity index (χ2n) is 42.7. The van der Waals surface area contributed by atoms with Gasteiger partial charge in [-0.05, 0) is 331 Å². The number of rotatable bonds is 17. The van der Waals surface area contributed by atoms with Crippen molar-refractivity contribution < 1.29 is 73.0 Å². The highest BCUT2D eigenvalue weighted by atomic mass is 19.4. The molecule has 10 aromatic rings. The van der Waals surface area contributed by atoms with Gasteiger partial charge in [0.15, 0.2) is 0 Å². The quantitative estimate of drug-likeness (QED) is 0.0542. The van der Waals surface area contributed by atoms with Gasteiger partial charge in [-0.15, -0.1) is 26.3 Å². The highest BCUT2D eigenvalue weighted by Crippen LogP contribution is 2.54. The summed E-state index contributed by atoms with van der Waals surface area (Å²) in [6.07, 6.45) is 4.40. The molecule has 0 radical (unpaired) electrons. The number of nitrogens with zero attached hydrogens (tertiary/aromatic N) is 10. The molecule has 5 saturated carbocycles. The Morgan fingerprint density at radius 3 is 0.705 bits per heavy atom. The molecule has 0 bridgehead atoms. The highest BCUT2D eigenvalue weighted by Gasteiger charge is 2.57. The lowest BCUT2D eigenvalue weighted by Crippen LogP contribution is -2.54. The number of anilines is 5. The average molecular weight is 2010 g/mol. The smallest absolute Gasteiger partial charge is 0.406 e. The summed E-state index contributed by atoms with van der Waals surface area (Å²) in [4.78, 5) is 83.6. The van der Waals surface area contributed by atoms with Gasteiger partial charge in [0.2, 0.25) is 0 Å². The van der Waals surface area contributed by atoms with Crippen LogP contribution < -0.4 is 60.6 Å². The van der Waals surface area contributed by atoms with Crippen molar-refractivity contribution in [2.45, 2.75) is 217 Å². The van der Waals surface area contributed by atoms with Gasteiger partial charge in [0.05, 0.1) is 66.0 Å². The molecular weight excluding hydrogens is 1870 g/mol. The van der Waals surface area contributed by atoms with Gasteiger partial charge >= 0.3 is 49.1 Å². The average Bonchev–Trinajstić information content (AvgIpc) is 1.55. The number of carbonyl (C=O) groups excluding carboxylic acids is 5. The first-order valence-electron chi connectivity index (χ1n) is 50.4.